The molecule has 0 amide bonds. The van der Waals surface area contributed by atoms with Crippen molar-refractivity contribution >= 4 is 33.9 Å². The molecular weight excluding hydrogens is 368 g/mol. The highest BCUT2D eigenvalue weighted by Crippen LogP contribution is 2.27. The first kappa shape index (κ1) is 15.0. The highest BCUT2D eigenvalue weighted by molar-refractivity contribution is 9.10. The quantitative estimate of drug-likeness (QED) is 0.698. The monoisotopic (exact) mass is 380 g/mol. The predicted molar refractivity (Wildman–Crippen MR) is 89.7 cm³/mol. The van der Waals surface area contributed by atoms with Crippen LogP contribution in [0.1, 0.15) is 23.6 Å². The standard InChI is InChI=1S/C14H13BrN4O2S/c1-19-13(21)11(12(20)16-14(19)22)10-6-9(17-18-10)7-2-4-8(15)5-3-7/h2-5,9,17,21H,6H2,1H3,(H,16,20,22). The van der Waals surface area contributed by atoms with Gasteiger partial charge in [0.15, 0.2) is 4.77 Å². The van der Waals surface area contributed by atoms with Crippen molar-refractivity contribution in [1.82, 2.24) is 15.0 Å². The summed E-state index contributed by atoms with van der Waals surface area (Å²) in [5.74, 6) is -0.175. The number of benzene rings is 1. The molecule has 0 radical (unpaired) electrons. The zero-order valence-corrected chi connectivity index (χ0v) is 14.0. The minimum Gasteiger partial charge on any atom is -0.494 e. The summed E-state index contributed by atoms with van der Waals surface area (Å²) in [5.41, 5.74) is 4.29. The molecule has 0 aliphatic carbocycles. The van der Waals surface area contributed by atoms with Crippen LogP contribution in [0.4, 0.5) is 0 Å². The predicted octanol–water partition coefficient (Wildman–Crippen LogP) is 2.35. The van der Waals surface area contributed by atoms with Crippen LogP contribution in [0, 0.1) is 4.77 Å². The van der Waals surface area contributed by atoms with Gasteiger partial charge in [0.1, 0.15) is 5.56 Å². The molecule has 0 saturated carbocycles. The SMILES string of the molecule is Cn1c(O)c(C2=NNC(c3ccc(Br)cc3)C2)c(=O)[nH]c1=S. The second kappa shape index (κ2) is 5.69. The Morgan fingerprint density at radius 1 is 1.41 bits per heavy atom. The van der Waals surface area contributed by atoms with E-state index in [4.69, 9.17) is 12.2 Å². The molecule has 3 N–H and O–H groups in total. The number of aromatic amines is 1. The fraction of sp³-hybridized carbons (Fsp3) is 0.214. The minimum absolute atomic E-state index is 0.0321. The fourth-order valence-corrected chi connectivity index (χ4v) is 2.80. The van der Waals surface area contributed by atoms with E-state index in [1.165, 1.54) is 4.57 Å². The Morgan fingerprint density at radius 3 is 2.77 bits per heavy atom. The molecule has 2 aromatic rings. The van der Waals surface area contributed by atoms with E-state index in [9.17, 15) is 9.90 Å². The molecule has 0 fully saturated rings. The molecule has 22 heavy (non-hydrogen) atoms. The van der Waals surface area contributed by atoms with Crippen LogP contribution in [0.5, 0.6) is 5.88 Å². The number of rotatable bonds is 2. The lowest BCUT2D eigenvalue weighted by Gasteiger charge is -2.10. The number of hydrogen-bond donors (Lipinski definition) is 3. The van der Waals surface area contributed by atoms with E-state index in [0.29, 0.717) is 12.1 Å². The maximum absolute atomic E-state index is 12.1. The van der Waals surface area contributed by atoms with Crippen molar-refractivity contribution in [1.29, 1.82) is 0 Å². The largest absolute Gasteiger partial charge is 0.494 e. The van der Waals surface area contributed by atoms with Crippen LogP contribution in [0.2, 0.25) is 0 Å². The Kier molecular flexibility index (Phi) is 3.88. The Bertz CT molecular complexity index is 870. The first-order valence-corrected chi connectivity index (χ1v) is 7.77. The van der Waals surface area contributed by atoms with Crippen LogP contribution in [0.25, 0.3) is 0 Å². The second-order valence-corrected chi connectivity index (χ2v) is 6.32. The molecule has 3 rings (SSSR count). The normalized spacial score (nSPS) is 17.2. The molecule has 8 heteroatoms. The number of hydrogen-bond acceptors (Lipinski definition) is 5. The van der Waals surface area contributed by atoms with Crippen molar-refractivity contribution in [3.8, 4) is 5.88 Å². The second-order valence-electron chi connectivity index (χ2n) is 5.01. The molecule has 2 heterocycles. The van der Waals surface area contributed by atoms with Gasteiger partial charge in [-0.1, -0.05) is 28.1 Å². The van der Waals surface area contributed by atoms with Gasteiger partial charge >= 0.3 is 0 Å². The lowest BCUT2D eigenvalue weighted by molar-refractivity contribution is 0.419. The molecule has 0 saturated heterocycles. The van der Waals surface area contributed by atoms with Crippen molar-refractivity contribution in [3.05, 3.63) is 55.0 Å². The van der Waals surface area contributed by atoms with E-state index in [0.717, 1.165) is 10.0 Å². The summed E-state index contributed by atoms with van der Waals surface area (Å²) in [6, 6.07) is 7.83. The summed E-state index contributed by atoms with van der Waals surface area (Å²) < 4.78 is 2.52. The lowest BCUT2D eigenvalue weighted by Crippen LogP contribution is -2.21. The first-order chi connectivity index (χ1) is 10.5. The molecular formula is C14H13BrN4O2S. The third-order valence-electron chi connectivity index (χ3n) is 3.61. The van der Waals surface area contributed by atoms with Crippen LogP contribution < -0.4 is 11.0 Å². The van der Waals surface area contributed by atoms with Gasteiger partial charge in [-0.15, -0.1) is 0 Å². The van der Waals surface area contributed by atoms with Gasteiger partial charge in [0.2, 0.25) is 5.88 Å². The van der Waals surface area contributed by atoms with Crippen LogP contribution in [0.3, 0.4) is 0 Å². The summed E-state index contributed by atoms with van der Waals surface area (Å²) >= 11 is 8.36. The molecule has 0 spiro atoms. The molecule has 1 atom stereocenters. The highest BCUT2D eigenvalue weighted by Gasteiger charge is 2.26. The van der Waals surface area contributed by atoms with E-state index in [1.54, 1.807) is 7.05 Å². The summed E-state index contributed by atoms with van der Waals surface area (Å²) in [6.07, 6.45) is 0.509. The molecule has 6 nitrogen and oxygen atoms in total. The topological polar surface area (TPSA) is 82.4 Å². The van der Waals surface area contributed by atoms with Gasteiger partial charge in [0.25, 0.3) is 5.56 Å². The van der Waals surface area contributed by atoms with Gasteiger partial charge in [-0.05, 0) is 29.9 Å². The number of nitrogens with zero attached hydrogens (tertiary/aromatic N) is 2. The Balaban J connectivity index is 1.93. The lowest BCUT2D eigenvalue weighted by atomic mass is 10.0. The van der Waals surface area contributed by atoms with Gasteiger partial charge in [-0.2, -0.15) is 5.10 Å². The zero-order chi connectivity index (χ0) is 15.9. The van der Waals surface area contributed by atoms with Gasteiger partial charge in [-0.25, -0.2) is 0 Å². The van der Waals surface area contributed by atoms with E-state index in [1.807, 2.05) is 24.3 Å². The first-order valence-electron chi connectivity index (χ1n) is 6.57. The summed E-state index contributed by atoms with van der Waals surface area (Å²) in [6.45, 7) is 0. The van der Waals surface area contributed by atoms with E-state index < -0.39 is 5.56 Å². The van der Waals surface area contributed by atoms with E-state index >= 15 is 0 Å². The van der Waals surface area contributed by atoms with Gasteiger partial charge in [0, 0.05) is 17.9 Å². The van der Waals surface area contributed by atoms with Gasteiger partial charge in [-0.3, -0.25) is 14.3 Å². The number of hydrazone groups is 1. The van der Waals surface area contributed by atoms with Crippen molar-refractivity contribution in [2.75, 3.05) is 0 Å². The Labute approximate surface area is 139 Å². The third kappa shape index (κ3) is 2.59. The maximum atomic E-state index is 12.1. The van der Waals surface area contributed by atoms with Gasteiger partial charge in [0.05, 0.1) is 11.8 Å². The molecule has 1 aliphatic heterocycles. The van der Waals surface area contributed by atoms with Crippen LogP contribution in [-0.4, -0.2) is 20.4 Å². The highest BCUT2D eigenvalue weighted by atomic mass is 79.9. The Hall–Kier alpha value is -1.93. The molecule has 1 unspecified atom stereocenters. The van der Waals surface area contributed by atoms with E-state index in [-0.39, 0.29) is 22.3 Å². The fourth-order valence-electron chi connectivity index (χ4n) is 2.35. The van der Waals surface area contributed by atoms with Gasteiger partial charge < -0.3 is 10.5 Å². The number of halogens is 1. The van der Waals surface area contributed by atoms with E-state index in [2.05, 4.69) is 31.4 Å². The molecule has 114 valence electrons. The number of H-pyrrole nitrogens is 1. The minimum atomic E-state index is -0.433. The van der Waals surface area contributed by atoms with Crippen molar-refractivity contribution in [2.45, 2.75) is 12.5 Å². The smallest absolute Gasteiger partial charge is 0.264 e. The van der Waals surface area contributed by atoms with Crippen LogP contribution in [-0.2, 0) is 7.05 Å². The van der Waals surface area contributed by atoms with Crippen molar-refractivity contribution in [2.24, 2.45) is 12.1 Å². The molecule has 1 aromatic heterocycles. The Morgan fingerprint density at radius 2 is 2.09 bits per heavy atom. The molecule has 0 bridgehead atoms. The van der Waals surface area contributed by atoms with Crippen LogP contribution in [0.15, 0.2) is 38.6 Å². The van der Waals surface area contributed by atoms with Crippen molar-refractivity contribution in [3.63, 3.8) is 0 Å². The third-order valence-corrected chi connectivity index (χ3v) is 4.51. The summed E-state index contributed by atoms with van der Waals surface area (Å²) in [7, 11) is 1.59. The van der Waals surface area contributed by atoms with Crippen LogP contribution >= 0.6 is 28.1 Å². The summed E-state index contributed by atoms with van der Waals surface area (Å²) in [5, 5.41) is 14.4. The number of aromatic nitrogens is 2. The van der Waals surface area contributed by atoms with Crippen molar-refractivity contribution < 1.29 is 5.11 Å². The molecule has 1 aliphatic rings. The number of aromatic hydroxyl groups is 1. The average molecular weight is 381 g/mol. The zero-order valence-electron chi connectivity index (χ0n) is 11.6. The summed E-state index contributed by atoms with van der Waals surface area (Å²) in [4.78, 5) is 14.6. The number of nitrogens with one attached hydrogen (secondary N) is 2. The average Bonchev–Trinajstić information content (AvgIpc) is 2.95. The maximum Gasteiger partial charge on any atom is 0.264 e. The molecule has 1 aromatic carbocycles.